The normalized spacial score (nSPS) is 12.4. The number of hydrogen-bond donors (Lipinski definition) is 1. The summed E-state index contributed by atoms with van der Waals surface area (Å²) in [4.78, 5) is 2.14. The van der Waals surface area contributed by atoms with Crippen LogP contribution in [0.3, 0.4) is 0 Å². The van der Waals surface area contributed by atoms with Crippen molar-refractivity contribution in [3.8, 4) is 0 Å². The first kappa shape index (κ1) is 18.2. The fraction of sp³-hybridized carbons (Fsp3) is 0.667. The van der Waals surface area contributed by atoms with E-state index < -0.39 is 0 Å². The van der Waals surface area contributed by atoms with Gasteiger partial charge in [-0.25, -0.2) is 0 Å². The number of methoxy groups -OCH3 is 1. The molecule has 5 nitrogen and oxygen atoms in total. The molecule has 1 aromatic heterocycles. The van der Waals surface area contributed by atoms with Crippen molar-refractivity contribution in [2.75, 3.05) is 47.4 Å². The minimum Gasteiger partial charge on any atom is -0.383 e. The Balaban J connectivity index is 2.55. The average molecular weight is 315 g/mol. The Morgan fingerprint density at radius 2 is 2.24 bits per heavy atom. The van der Waals surface area contributed by atoms with Crippen LogP contribution >= 0.6 is 11.6 Å². The first-order valence-electron chi connectivity index (χ1n) is 7.29. The molecule has 21 heavy (non-hydrogen) atoms. The van der Waals surface area contributed by atoms with E-state index in [9.17, 15) is 0 Å². The van der Waals surface area contributed by atoms with E-state index in [0.29, 0.717) is 0 Å². The van der Waals surface area contributed by atoms with Crippen LogP contribution in [0.4, 0.5) is 0 Å². The molecule has 0 amide bonds. The Morgan fingerprint density at radius 3 is 2.90 bits per heavy atom. The van der Waals surface area contributed by atoms with E-state index in [1.54, 1.807) is 13.3 Å². The van der Waals surface area contributed by atoms with Crippen LogP contribution in [0.25, 0.3) is 5.57 Å². The third kappa shape index (κ3) is 6.61. The summed E-state index contributed by atoms with van der Waals surface area (Å²) in [6.07, 6.45) is 4.89. The second kappa shape index (κ2) is 9.95. The quantitative estimate of drug-likeness (QED) is 0.672. The molecule has 0 aliphatic heterocycles. The van der Waals surface area contributed by atoms with Gasteiger partial charge in [0.2, 0.25) is 0 Å². The molecule has 0 aliphatic rings. The summed E-state index contributed by atoms with van der Waals surface area (Å²) >= 11 is 6.27. The van der Waals surface area contributed by atoms with Gasteiger partial charge >= 0.3 is 0 Å². The van der Waals surface area contributed by atoms with Crippen LogP contribution in [-0.2, 0) is 11.3 Å². The summed E-state index contributed by atoms with van der Waals surface area (Å²) in [6.45, 7) is 6.42. The van der Waals surface area contributed by atoms with Crippen molar-refractivity contribution in [1.82, 2.24) is 20.0 Å². The first-order valence-corrected chi connectivity index (χ1v) is 7.67. The predicted molar refractivity (Wildman–Crippen MR) is 88.8 cm³/mol. The summed E-state index contributed by atoms with van der Waals surface area (Å²) in [5.41, 5.74) is 2.19. The zero-order valence-corrected chi connectivity index (χ0v) is 14.3. The summed E-state index contributed by atoms with van der Waals surface area (Å²) in [5, 5.41) is 8.40. The maximum Gasteiger partial charge on any atom is 0.0862 e. The second-order valence-electron chi connectivity index (χ2n) is 5.29. The Labute approximate surface area is 132 Å². The highest BCUT2D eigenvalue weighted by Crippen LogP contribution is 2.23. The number of aromatic nitrogens is 2. The van der Waals surface area contributed by atoms with Gasteiger partial charge in [-0.3, -0.25) is 4.68 Å². The lowest BCUT2D eigenvalue weighted by molar-refractivity contribution is 0.199. The zero-order chi connectivity index (χ0) is 15.7. The van der Waals surface area contributed by atoms with Crippen molar-refractivity contribution < 1.29 is 4.74 Å². The van der Waals surface area contributed by atoms with E-state index in [1.807, 2.05) is 4.68 Å². The van der Waals surface area contributed by atoms with Crippen LogP contribution in [0, 0.1) is 0 Å². The molecule has 6 heteroatoms. The molecule has 0 saturated heterocycles. The number of halogens is 1. The van der Waals surface area contributed by atoms with E-state index >= 15 is 0 Å². The molecule has 0 unspecified atom stereocenters. The number of allylic oxidation sites excluding steroid dienone is 1. The van der Waals surface area contributed by atoms with Crippen LogP contribution < -0.4 is 5.32 Å². The van der Waals surface area contributed by atoms with Crippen molar-refractivity contribution in [3.63, 3.8) is 0 Å². The molecule has 0 spiro atoms. The van der Waals surface area contributed by atoms with Crippen LogP contribution in [0.1, 0.15) is 19.0 Å². The molecule has 0 aromatic carbocycles. The highest BCUT2D eigenvalue weighted by atomic mass is 35.5. The van der Waals surface area contributed by atoms with Crippen LogP contribution in [0.5, 0.6) is 0 Å². The lowest BCUT2D eigenvalue weighted by Gasteiger charge is -2.12. The van der Waals surface area contributed by atoms with Crippen molar-refractivity contribution in [3.05, 3.63) is 23.0 Å². The maximum absolute atomic E-state index is 6.27. The fourth-order valence-corrected chi connectivity index (χ4v) is 2.30. The van der Waals surface area contributed by atoms with E-state index in [4.69, 9.17) is 16.3 Å². The number of nitrogens with zero attached hydrogens (tertiary/aromatic N) is 3. The van der Waals surface area contributed by atoms with E-state index in [2.05, 4.69) is 42.4 Å². The molecule has 1 aromatic rings. The monoisotopic (exact) mass is 314 g/mol. The van der Waals surface area contributed by atoms with Crippen molar-refractivity contribution in [2.24, 2.45) is 0 Å². The van der Waals surface area contributed by atoms with Gasteiger partial charge in [-0.2, -0.15) is 5.10 Å². The standard InChI is InChI=1S/C15H27ClN4O/c1-13(6-5-7-17-8-11-21-4)15-14(16)12-18-20(15)10-9-19(2)3/h6,12,17H,5,7-11H2,1-4H3/b13-6-. The van der Waals surface area contributed by atoms with Gasteiger partial charge in [-0.15, -0.1) is 0 Å². The fourth-order valence-electron chi connectivity index (χ4n) is 2.01. The minimum absolute atomic E-state index is 0.717. The topological polar surface area (TPSA) is 42.3 Å². The number of rotatable bonds is 10. The largest absolute Gasteiger partial charge is 0.383 e. The first-order chi connectivity index (χ1) is 10.1. The predicted octanol–water partition coefficient (Wildman–Crippen LogP) is 2.13. The molecular formula is C15H27ClN4O. The summed E-state index contributed by atoms with van der Waals surface area (Å²) in [6, 6.07) is 0. The minimum atomic E-state index is 0.717. The molecule has 0 saturated carbocycles. The lowest BCUT2D eigenvalue weighted by atomic mass is 10.1. The van der Waals surface area contributed by atoms with E-state index in [0.717, 1.165) is 49.9 Å². The molecule has 0 aliphatic carbocycles. The molecule has 1 heterocycles. The molecular weight excluding hydrogens is 288 g/mol. The summed E-state index contributed by atoms with van der Waals surface area (Å²) in [7, 11) is 5.82. The van der Waals surface area contributed by atoms with Gasteiger partial charge in [-0.05, 0) is 39.6 Å². The highest BCUT2D eigenvalue weighted by Gasteiger charge is 2.10. The van der Waals surface area contributed by atoms with Crippen molar-refractivity contribution in [2.45, 2.75) is 19.9 Å². The highest BCUT2D eigenvalue weighted by molar-refractivity contribution is 6.32. The van der Waals surface area contributed by atoms with Gasteiger partial charge in [-0.1, -0.05) is 17.7 Å². The molecule has 0 atom stereocenters. The van der Waals surface area contributed by atoms with Gasteiger partial charge in [0, 0.05) is 20.2 Å². The summed E-state index contributed by atoms with van der Waals surface area (Å²) < 4.78 is 6.97. The number of nitrogens with one attached hydrogen (secondary N) is 1. The Bertz CT molecular complexity index is 443. The zero-order valence-electron chi connectivity index (χ0n) is 13.5. The molecule has 120 valence electrons. The van der Waals surface area contributed by atoms with Crippen molar-refractivity contribution >= 4 is 17.2 Å². The van der Waals surface area contributed by atoms with E-state index in [1.165, 1.54) is 5.57 Å². The molecule has 1 N–H and O–H groups in total. The third-order valence-electron chi connectivity index (χ3n) is 3.18. The number of ether oxygens (including phenoxy) is 1. The second-order valence-corrected chi connectivity index (χ2v) is 5.69. The molecule has 0 fully saturated rings. The Hall–Kier alpha value is -0.880. The van der Waals surface area contributed by atoms with E-state index in [-0.39, 0.29) is 0 Å². The Kier molecular flexibility index (Phi) is 8.61. The third-order valence-corrected chi connectivity index (χ3v) is 3.46. The number of hydrogen-bond acceptors (Lipinski definition) is 4. The van der Waals surface area contributed by atoms with Gasteiger partial charge in [0.1, 0.15) is 0 Å². The summed E-state index contributed by atoms with van der Waals surface area (Å²) in [5.74, 6) is 0. The Morgan fingerprint density at radius 1 is 1.48 bits per heavy atom. The van der Waals surface area contributed by atoms with Crippen LogP contribution in [0.2, 0.25) is 5.02 Å². The molecule has 0 bridgehead atoms. The lowest BCUT2D eigenvalue weighted by Crippen LogP contribution is -2.20. The maximum atomic E-state index is 6.27. The van der Waals surface area contributed by atoms with Crippen molar-refractivity contribution in [1.29, 1.82) is 0 Å². The van der Waals surface area contributed by atoms with Gasteiger partial charge in [0.15, 0.2) is 0 Å². The SMILES string of the molecule is COCCNCC/C=C(/C)c1c(Cl)cnn1CCN(C)C. The van der Waals surface area contributed by atoms with Gasteiger partial charge in [0.05, 0.1) is 30.1 Å². The van der Waals surface area contributed by atoms with Gasteiger partial charge < -0.3 is 15.0 Å². The molecule has 1 rings (SSSR count). The van der Waals surface area contributed by atoms with Crippen LogP contribution in [0.15, 0.2) is 12.3 Å². The van der Waals surface area contributed by atoms with Gasteiger partial charge in [0.25, 0.3) is 0 Å². The molecule has 0 radical (unpaired) electrons. The smallest absolute Gasteiger partial charge is 0.0862 e. The average Bonchev–Trinajstić information content (AvgIpc) is 2.81. The van der Waals surface area contributed by atoms with Crippen LogP contribution in [-0.4, -0.2) is 62.1 Å². The number of likely N-dealkylation sites (N-methyl/N-ethyl adjacent to an activating group) is 1.